The second kappa shape index (κ2) is 4.12. The third-order valence-electron chi connectivity index (χ3n) is 2.06. The molecule has 1 aromatic carbocycles. The molecule has 3 heteroatoms. The molecule has 0 fully saturated rings. The highest BCUT2D eigenvalue weighted by molar-refractivity contribution is 5.51. The van der Waals surface area contributed by atoms with E-state index in [1.165, 1.54) is 6.07 Å². The lowest BCUT2D eigenvalue weighted by molar-refractivity contribution is 0.432. The number of phenols is 1. The minimum atomic E-state index is -0.536. The third-order valence-corrected chi connectivity index (χ3v) is 2.06. The van der Waals surface area contributed by atoms with Crippen molar-refractivity contribution in [3.05, 3.63) is 24.0 Å². The predicted octanol–water partition coefficient (Wildman–Crippen LogP) is 2.38. The molecule has 0 aliphatic carbocycles. The van der Waals surface area contributed by atoms with Crippen molar-refractivity contribution in [3.8, 4) is 5.75 Å². The Hall–Kier alpha value is -1.25. The summed E-state index contributed by atoms with van der Waals surface area (Å²) in [4.78, 5) is 1.86. The van der Waals surface area contributed by atoms with Gasteiger partial charge in [-0.2, -0.15) is 0 Å². The van der Waals surface area contributed by atoms with Crippen LogP contribution < -0.4 is 4.90 Å². The zero-order valence-electron chi connectivity index (χ0n) is 7.92. The van der Waals surface area contributed by atoms with E-state index in [1.807, 2.05) is 18.7 Å². The summed E-state index contributed by atoms with van der Waals surface area (Å²) in [5.74, 6) is -0.824. The molecule has 0 amide bonds. The second-order valence-corrected chi connectivity index (χ2v) is 2.78. The maximum atomic E-state index is 13.3. The van der Waals surface area contributed by atoms with E-state index in [0.29, 0.717) is 5.69 Å². The number of phenolic OH excluding ortho intramolecular Hbond substituents is 1. The van der Waals surface area contributed by atoms with Gasteiger partial charge in [0.25, 0.3) is 0 Å². The van der Waals surface area contributed by atoms with E-state index in [1.54, 1.807) is 12.1 Å². The van der Waals surface area contributed by atoms with Crippen molar-refractivity contribution in [2.45, 2.75) is 13.8 Å². The van der Waals surface area contributed by atoms with E-state index in [4.69, 9.17) is 5.11 Å². The fraction of sp³-hybridized carbons (Fsp3) is 0.400. The molecule has 72 valence electrons. The van der Waals surface area contributed by atoms with Crippen LogP contribution in [0, 0.1) is 5.82 Å². The van der Waals surface area contributed by atoms with Crippen LogP contribution in [0.25, 0.3) is 0 Å². The van der Waals surface area contributed by atoms with Crippen LogP contribution in [-0.4, -0.2) is 18.2 Å². The molecule has 0 unspecified atom stereocenters. The van der Waals surface area contributed by atoms with Gasteiger partial charge < -0.3 is 10.0 Å². The molecule has 0 aliphatic heterocycles. The Balaban J connectivity index is 3.05. The molecule has 0 atom stereocenters. The van der Waals surface area contributed by atoms with Crippen molar-refractivity contribution in [1.82, 2.24) is 0 Å². The number of rotatable bonds is 3. The predicted molar refractivity (Wildman–Crippen MR) is 51.6 cm³/mol. The maximum absolute atomic E-state index is 13.3. The highest BCUT2D eigenvalue weighted by Gasteiger charge is 2.10. The molecule has 13 heavy (non-hydrogen) atoms. The number of halogens is 1. The molecule has 0 saturated carbocycles. The summed E-state index contributed by atoms with van der Waals surface area (Å²) in [6, 6.07) is 4.66. The quantitative estimate of drug-likeness (QED) is 0.777. The molecule has 0 bridgehead atoms. The smallest absolute Gasteiger partial charge is 0.188 e. The van der Waals surface area contributed by atoms with Crippen LogP contribution in [0.3, 0.4) is 0 Å². The van der Waals surface area contributed by atoms with Crippen molar-refractivity contribution in [3.63, 3.8) is 0 Å². The maximum Gasteiger partial charge on any atom is 0.188 e. The number of anilines is 1. The Labute approximate surface area is 77.6 Å². The van der Waals surface area contributed by atoms with Crippen molar-refractivity contribution >= 4 is 5.69 Å². The van der Waals surface area contributed by atoms with Gasteiger partial charge >= 0.3 is 0 Å². The largest absolute Gasteiger partial charge is 0.505 e. The van der Waals surface area contributed by atoms with Crippen LogP contribution in [0.1, 0.15) is 13.8 Å². The van der Waals surface area contributed by atoms with Crippen LogP contribution in [-0.2, 0) is 0 Å². The number of nitrogens with zero attached hydrogens (tertiary/aromatic N) is 1. The van der Waals surface area contributed by atoms with E-state index >= 15 is 0 Å². The summed E-state index contributed by atoms with van der Waals surface area (Å²) in [7, 11) is 0. The van der Waals surface area contributed by atoms with Gasteiger partial charge in [-0.3, -0.25) is 0 Å². The van der Waals surface area contributed by atoms with Crippen LogP contribution in [0.2, 0.25) is 0 Å². The first-order valence-corrected chi connectivity index (χ1v) is 4.43. The van der Waals surface area contributed by atoms with E-state index in [0.717, 1.165) is 13.1 Å². The SMILES string of the molecule is CCN(CC)c1cccc(O)c1F. The summed E-state index contributed by atoms with van der Waals surface area (Å²) in [5, 5.41) is 9.14. The molecule has 0 heterocycles. The Morgan fingerprint density at radius 1 is 1.31 bits per heavy atom. The number of hydrogen-bond acceptors (Lipinski definition) is 2. The molecule has 2 nitrogen and oxygen atoms in total. The summed E-state index contributed by atoms with van der Waals surface area (Å²) in [6.45, 7) is 5.37. The second-order valence-electron chi connectivity index (χ2n) is 2.78. The lowest BCUT2D eigenvalue weighted by atomic mass is 10.2. The fourth-order valence-electron chi connectivity index (χ4n) is 1.32. The van der Waals surface area contributed by atoms with E-state index in [-0.39, 0.29) is 5.75 Å². The van der Waals surface area contributed by atoms with Gasteiger partial charge in [-0.1, -0.05) is 6.07 Å². The van der Waals surface area contributed by atoms with Gasteiger partial charge in [0.05, 0.1) is 5.69 Å². The first-order chi connectivity index (χ1) is 6.20. The van der Waals surface area contributed by atoms with Crippen molar-refractivity contribution in [2.24, 2.45) is 0 Å². The number of aromatic hydroxyl groups is 1. The van der Waals surface area contributed by atoms with Crippen molar-refractivity contribution < 1.29 is 9.50 Å². The average Bonchev–Trinajstić information content (AvgIpc) is 2.14. The standard InChI is InChI=1S/C10H14FNO/c1-3-12(4-2)8-6-5-7-9(13)10(8)11/h5-7,13H,3-4H2,1-2H3. The average molecular weight is 183 g/mol. The van der Waals surface area contributed by atoms with Gasteiger partial charge in [-0.25, -0.2) is 4.39 Å². The number of benzene rings is 1. The Morgan fingerprint density at radius 3 is 2.46 bits per heavy atom. The normalized spacial score (nSPS) is 10.1. The molecule has 0 spiro atoms. The first-order valence-electron chi connectivity index (χ1n) is 4.43. The first kappa shape index (κ1) is 9.84. The Bertz CT molecular complexity index is 284. The monoisotopic (exact) mass is 183 g/mol. The van der Waals surface area contributed by atoms with Crippen LogP contribution in [0.5, 0.6) is 5.75 Å². The van der Waals surface area contributed by atoms with Crippen LogP contribution in [0.4, 0.5) is 10.1 Å². The zero-order valence-corrected chi connectivity index (χ0v) is 7.92. The molecule has 0 radical (unpaired) electrons. The van der Waals surface area contributed by atoms with Crippen LogP contribution >= 0.6 is 0 Å². The van der Waals surface area contributed by atoms with E-state index in [2.05, 4.69) is 0 Å². The van der Waals surface area contributed by atoms with Gasteiger partial charge in [-0.15, -0.1) is 0 Å². The molecular weight excluding hydrogens is 169 g/mol. The van der Waals surface area contributed by atoms with Gasteiger partial charge in [0, 0.05) is 13.1 Å². The molecule has 1 N–H and O–H groups in total. The zero-order chi connectivity index (χ0) is 9.84. The lowest BCUT2D eigenvalue weighted by Gasteiger charge is -2.21. The summed E-state index contributed by atoms with van der Waals surface area (Å²) in [6.07, 6.45) is 0. The Morgan fingerprint density at radius 2 is 1.92 bits per heavy atom. The molecule has 1 aromatic rings. The van der Waals surface area contributed by atoms with Gasteiger partial charge in [0.2, 0.25) is 0 Å². The lowest BCUT2D eigenvalue weighted by Crippen LogP contribution is -2.22. The van der Waals surface area contributed by atoms with E-state index < -0.39 is 5.82 Å². The minimum absolute atomic E-state index is 0.288. The highest BCUT2D eigenvalue weighted by atomic mass is 19.1. The van der Waals surface area contributed by atoms with Gasteiger partial charge in [0.1, 0.15) is 0 Å². The molecule has 0 aromatic heterocycles. The van der Waals surface area contributed by atoms with E-state index in [9.17, 15) is 4.39 Å². The highest BCUT2D eigenvalue weighted by Crippen LogP contribution is 2.25. The van der Waals surface area contributed by atoms with Gasteiger partial charge in [0.15, 0.2) is 11.6 Å². The number of hydrogen-bond donors (Lipinski definition) is 1. The topological polar surface area (TPSA) is 23.5 Å². The summed E-state index contributed by atoms with van der Waals surface area (Å²) in [5.41, 5.74) is 0.463. The fourth-order valence-corrected chi connectivity index (χ4v) is 1.32. The van der Waals surface area contributed by atoms with Gasteiger partial charge in [-0.05, 0) is 26.0 Å². The molecular formula is C10H14FNO. The molecule has 0 aliphatic rings. The molecule has 1 rings (SSSR count). The summed E-state index contributed by atoms with van der Waals surface area (Å²) >= 11 is 0. The minimum Gasteiger partial charge on any atom is -0.505 e. The van der Waals surface area contributed by atoms with Crippen molar-refractivity contribution in [2.75, 3.05) is 18.0 Å². The third kappa shape index (κ3) is 1.91. The summed E-state index contributed by atoms with van der Waals surface area (Å²) < 4.78 is 13.3. The molecule has 0 saturated heterocycles. The Kier molecular flexibility index (Phi) is 3.12. The van der Waals surface area contributed by atoms with Crippen molar-refractivity contribution in [1.29, 1.82) is 0 Å². The van der Waals surface area contributed by atoms with Crippen LogP contribution in [0.15, 0.2) is 18.2 Å².